The average Bonchev–Trinajstić information content (AvgIpc) is 0. The summed E-state index contributed by atoms with van der Waals surface area (Å²) in [5, 5.41) is 0. The van der Waals surface area contributed by atoms with Gasteiger partial charge in [-0.2, -0.15) is 0 Å². The molecule has 0 spiro atoms. The van der Waals surface area contributed by atoms with Gasteiger partial charge in [-0.25, -0.2) is 0 Å². The van der Waals surface area contributed by atoms with E-state index in [1.165, 1.54) is 0 Å². The molecule has 0 bridgehead atoms. The first kappa shape index (κ1) is 55.6. The van der Waals surface area contributed by atoms with E-state index in [2.05, 4.69) is 0 Å². The van der Waals surface area contributed by atoms with Gasteiger partial charge in [-0.15, -0.1) is 0 Å². The van der Waals surface area contributed by atoms with Crippen molar-refractivity contribution in [3.63, 3.8) is 0 Å². The quantitative estimate of drug-likeness (QED) is 0.486. The molecule has 0 aliphatic rings. The minimum atomic E-state index is 0. The Morgan fingerprint density at radius 2 is 1.00 bits per heavy atom. The Morgan fingerprint density at radius 1 is 1.00 bits per heavy atom. The molecule has 4 heavy (non-hydrogen) atoms. The van der Waals surface area contributed by atoms with Gasteiger partial charge in [0, 0.05) is 66.7 Å². The van der Waals surface area contributed by atoms with Crippen molar-refractivity contribution < 1.29 is 66.7 Å². The maximum Gasteiger partial charge on any atom is 0 e. The van der Waals surface area contributed by atoms with Crippen molar-refractivity contribution in [1.82, 2.24) is 0 Å². The molecule has 4 heteroatoms. The van der Waals surface area contributed by atoms with E-state index in [1.54, 1.807) is 0 Å². The van der Waals surface area contributed by atoms with Crippen LogP contribution in [0.2, 0.25) is 0 Å². The van der Waals surface area contributed by atoms with Crippen molar-refractivity contribution in [3.05, 3.63) is 0 Å². The Bertz CT molecular complexity index is 8.00. The Kier molecular flexibility index (Phi) is 372. The van der Waals surface area contributed by atoms with Crippen molar-refractivity contribution in [2.45, 2.75) is 0 Å². The first-order valence-electron chi connectivity index (χ1n) is 0. The fraction of sp³-hybridized carbons (Fsp3) is 0. The van der Waals surface area contributed by atoms with Gasteiger partial charge in [0.05, 0.1) is 0 Å². The maximum atomic E-state index is 0. The summed E-state index contributed by atoms with van der Waals surface area (Å²) in [4.78, 5) is 0. The molecule has 0 atom stereocenters. The normalized spacial score (nSPS) is 0. The van der Waals surface area contributed by atoms with E-state index in [9.17, 15) is 0 Å². The van der Waals surface area contributed by atoms with Gasteiger partial charge in [0.1, 0.15) is 0 Å². The topological polar surface area (TPSA) is 28.5 Å². The van der Waals surface area contributed by atoms with E-state index < -0.39 is 0 Å². The molecule has 0 aromatic carbocycles. The number of rotatable bonds is 0. The monoisotopic (exact) mass is 172 g/mol. The Labute approximate surface area is 65.7 Å². The second kappa shape index (κ2) is 26.8. The second-order valence-electron chi connectivity index (χ2n) is 0. The molecule has 0 aromatic heterocycles. The van der Waals surface area contributed by atoms with Gasteiger partial charge in [0.2, 0.25) is 0 Å². The van der Waals surface area contributed by atoms with Crippen LogP contribution in [0.1, 0.15) is 0 Å². The zero-order chi connectivity index (χ0) is 0. The summed E-state index contributed by atoms with van der Waals surface area (Å²) in [7, 11) is 0. The van der Waals surface area contributed by atoms with Gasteiger partial charge < -0.3 is 0 Å². The Balaban J connectivity index is 0. The van der Waals surface area contributed by atoms with Gasteiger partial charge in [0.15, 0.2) is 0 Å². The summed E-state index contributed by atoms with van der Waals surface area (Å²) in [6.45, 7) is 0. The van der Waals surface area contributed by atoms with Crippen LogP contribution in [0.5, 0.6) is 0 Å². The van der Waals surface area contributed by atoms with Crippen LogP contribution in [0.4, 0.5) is 0 Å². The van der Waals surface area contributed by atoms with Gasteiger partial charge in [0.25, 0.3) is 0 Å². The van der Waals surface area contributed by atoms with Crippen molar-refractivity contribution >= 4 is 0 Å². The summed E-state index contributed by atoms with van der Waals surface area (Å²) in [6.07, 6.45) is 0. The molecular weight excluding hydrogens is 171 g/mol. The van der Waals surface area contributed by atoms with Crippen LogP contribution in [-0.2, 0) is 5.48 Å². The summed E-state index contributed by atoms with van der Waals surface area (Å²) in [6, 6.07) is 0. The third kappa shape index (κ3) is 10.2. The first-order chi connectivity index (χ1) is 0. The molecular formula is HeNeOXe. The average molecular weight is 171 g/mol. The maximum absolute atomic E-state index is 0. The van der Waals surface area contributed by atoms with E-state index in [0.29, 0.717) is 0 Å². The van der Waals surface area contributed by atoms with Crippen LogP contribution < -0.4 is 0 Å². The molecule has 0 fully saturated rings. The predicted octanol–water partition coefficient (Wildman–Crippen LogP) is -0.119. The molecule has 24 valence electrons. The Morgan fingerprint density at radius 3 is 1.00 bits per heavy atom. The molecule has 0 heterocycles. The molecule has 0 aliphatic carbocycles. The molecule has 1 nitrogen and oxygen atoms in total. The van der Waals surface area contributed by atoms with Crippen molar-refractivity contribution in [2.24, 2.45) is 0 Å². The summed E-state index contributed by atoms with van der Waals surface area (Å²) in [5.74, 6) is 0. The van der Waals surface area contributed by atoms with Gasteiger partial charge in [-0.05, 0) is 0 Å². The van der Waals surface area contributed by atoms with E-state index in [0.717, 1.165) is 0 Å². The number of hydrogen-bond donors (Lipinski definition) is 0. The van der Waals surface area contributed by atoms with E-state index >= 15 is 0 Å². The SMILES string of the molecule is [He].[Ne].[O].[Xe]. The number of hydrogen-bond acceptors (Lipinski definition) is 0. The van der Waals surface area contributed by atoms with Crippen LogP contribution in [0, 0.1) is 61.2 Å². The molecule has 2 radical (unpaired) electrons. The van der Waals surface area contributed by atoms with Crippen LogP contribution in [0.25, 0.3) is 0 Å². The molecule has 0 N–H and O–H groups in total. The zero-order valence-corrected chi connectivity index (χ0v) is 3.84. The van der Waals surface area contributed by atoms with Gasteiger partial charge in [-0.3, -0.25) is 0 Å². The summed E-state index contributed by atoms with van der Waals surface area (Å²) in [5.41, 5.74) is 0. The van der Waals surface area contributed by atoms with Crippen molar-refractivity contribution in [1.29, 1.82) is 0 Å². The predicted molar refractivity (Wildman–Crippen MR) is 0.686 cm³/mol. The van der Waals surface area contributed by atoms with E-state index in [1.807, 2.05) is 0 Å². The molecule has 0 unspecified atom stereocenters. The van der Waals surface area contributed by atoms with E-state index in [4.69, 9.17) is 0 Å². The third-order valence-electron chi connectivity index (χ3n) is 0. The molecule has 0 amide bonds. The minimum absolute atomic E-state index is 0. The summed E-state index contributed by atoms with van der Waals surface area (Å²) < 4.78 is 0. The fourth-order valence-corrected chi connectivity index (χ4v) is 0. The molecule has 0 saturated carbocycles. The van der Waals surface area contributed by atoms with Crippen molar-refractivity contribution in [2.75, 3.05) is 0 Å². The van der Waals surface area contributed by atoms with Crippen LogP contribution in [-0.4, -0.2) is 0 Å². The second-order valence-corrected chi connectivity index (χ2v) is 0. The molecule has 0 rings (SSSR count). The standard InChI is InChI=1S/He.Ne.O.Xe. The zero-order valence-electron chi connectivity index (χ0n) is 1.82. The van der Waals surface area contributed by atoms with Crippen LogP contribution >= 0.6 is 0 Å². The van der Waals surface area contributed by atoms with Crippen molar-refractivity contribution in [3.8, 4) is 0 Å². The summed E-state index contributed by atoms with van der Waals surface area (Å²) >= 11 is 0. The van der Waals surface area contributed by atoms with Gasteiger partial charge in [-0.1, -0.05) is 0 Å². The first-order valence-corrected chi connectivity index (χ1v) is 0. The Hall–Kier alpha value is 1.35. The molecule has 0 saturated heterocycles. The van der Waals surface area contributed by atoms with Crippen LogP contribution in [0.15, 0.2) is 0 Å². The molecule has 0 aromatic rings. The molecule has 0 aliphatic heterocycles. The largest absolute Gasteiger partial charge is 0 e. The minimum Gasteiger partial charge on any atom is 0 e. The fourth-order valence-electron chi connectivity index (χ4n) is 0. The van der Waals surface area contributed by atoms with Gasteiger partial charge >= 0.3 is 0 Å². The smallest absolute Gasteiger partial charge is 0 e. The third-order valence-corrected chi connectivity index (χ3v) is 0. The van der Waals surface area contributed by atoms with Crippen LogP contribution in [0.3, 0.4) is 0 Å². The van der Waals surface area contributed by atoms with E-state index in [-0.39, 0.29) is 66.7 Å².